The average Bonchev–Trinajstić information content (AvgIpc) is 0.909. The molecule has 0 bridgehead atoms. The molecule has 125 heavy (non-hydrogen) atoms. The third kappa shape index (κ3) is 72.2. The monoisotopic (exact) mass is 1780 g/mol. The van der Waals surface area contributed by atoms with E-state index in [-0.39, 0.29) is 227 Å². The van der Waals surface area contributed by atoms with Crippen LogP contribution < -0.4 is 37.2 Å². The first kappa shape index (κ1) is 114. The molecule has 0 aliphatic rings. The molecule has 0 saturated carbocycles. The number of nitrogens with one attached hydrogen (secondary N) is 8. The zero-order valence-corrected chi connectivity index (χ0v) is 74.4. The van der Waals surface area contributed by atoms with E-state index in [1.807, 2.05) is 0 Å². The molecule has 12 N–H and O–H groups in total. The van der Waals surface area contributed by atoms with Crippen LogP contribution in [0.5, 0.6) is 0 Å². The summed E-state index contributed by atoms with van der Waals surface area (Å²) in [4.78, 5) is 205. The largest absolute Gasteiger partial charge is 0.481 e. The van der Waals surface area contributed by atoms with Gasteiger partial charge in [0.1, 0.15) is 49.8 Å². The molecule has 1 rings (SSSR count). The van der Waals surface area contributed by atoms with Crippen molar-refractivity contribution in [2.75, 3.05) is 138 Å². The summed E-state index contributed by atoms with van der Waals surface area (Å²) >= 11 is 0. The number of hydrogen-bond donors (Lipinski definition) is 12. The van der Waals surface area contributed by atoms with Crippen LogP contribution in [0.4, 0.5) is 0 Å². The fraction of sp³-hybridized carbons (Fsp3) is 0.784. The van der Waals surface area contributed by atoms with Gasteiger partial charge in [-0.2, -0.15) is 0 Å². The standard InChI is InChI=1S/C88H149N9O28.2H2/c1-67(96-81(106)39-36-72-61-89-66-95-72)76(101)60-70(29-24-26-42-90-79(104)38-35-71(87(114)115)58-74(100)62-122-54-51-120-48-44-93-83(108)64-124-56-52-119-47-43-92-78(103)32-20-16-12-8-4-6-10-14-18-22-34-86(112)113)77(102)59-69(68(2)98)28-23-25-41-91-80(105)40-37-75(88(116)117)97-84(109)65-125-57-53-121-49-45-94-82(107)63-123-55-50-118-46-27-31-73(99)30-19-15-11-7-3-5-9-13-17-21-33-85(110)111;;/h61,66-67,69-71,75H,3-60,62-65H2,1-2H3,(H,89,95)(H,90,104)(H,91,105)(H,92,103)(H,93,108)(H,94,107)(H,96,106)(H,97,109)(H,110,111)(H,112,113)(H,114,115)(H,116,117);2*1H/t67-,69+,70+,71+,75-;;/m0../s1. The predicted molar refractivity (Wildman–Crippen MR) is 464 cm³/mol. The van der Waals surface area contributed by atoms with Crippen molar-refractivity contribution in [2.24, 2.45) is 17.8 Å². The topological polar surface area (TPSA) is 541 Å². The number of H-pyrrole nitrogens is 1. The first-order valence-corrected chi connectivity index (χ1v) is 45.3. The summed E-state index contributed by atoms with van der Waals surface area (Å²) < 4.78 is 43.2. The second-order valence-electron chi connectivity index (χ2n) is 31.4. The van der Waals surface area contributed by atoms with Crippen molar-refractivity contribution in [1.29, 1.82) is 0 Å². The molecule has 1 aromatic heterocycles. The van der Waals surface area contributed by atoms with E-state index >= 15 is 0 Å². The van der Waals surface area contributed by atoms with Crippen LogP contribution in [0, 0.1) is 17.8 Å². The van der Waals surface area contributed by atoms with Crippen LogP contribution in [0.1, 0.15) is 279 Å². The molecular weight excluding hydrogens is 1630 g/mol. The summed E-state index contributed by atoms with van der Waals surface area (Å²) in [6.45, 7) is 4.70. The number of ketones is 5. The van der Waals surface area contributed by atoms with Gasteiger partial charge in [0.05, 0.1) is 91.0 Å². The van der Waals surface area contributed by atoms with E-state index in [4.69, 9.17) is 48.1 Å². The Kier molecular flexibility index (Phi) is 72.2. The molecular formula is C88H153N9O28. The average molecular weight is 1790 g/mol. The predicted octanol–water partition coefficient (Wildman–Crippen LogP) is 7.80. The first-order valence-electron chi connectivity index (χ1n) is 45.3. The third-order valence-electron chi connectivity index (χ3n) is 20.4. The number of hydrogen-bond acceptors (Lipinski definition) is 25. The van der Waals surface area contributed by atoms with Crippen molar-refractivity contribution in [1.82, 2.24) is 47.2 Å². The normalized spacial score (nSPS) is 12.4. The van der Waals surface area contributed by atoms with Gasteiger partial charge in [-0.05, 0) is 90.9 Å². The number of ether oxygens (including phenoxy) is 8. The molecule has 0 spiro atoms. The Bertz CT molecular complexity index is 3200. The number of aryl methyl sites for hydroxylation is 1. The van der Waals surface area contributed by atoms with Gasteiger partial charge in [-0.25, -0.2) is 9.78 Å². The fourth-order valence-corrected chi connectivity index (χ4v) is 13.1. The van der Waals surface area contributed by atoms with Gasteiger partial charge in [-0.1, -0.05) is 116 Å². The molecule has 718 valence electrons. The zero-order chi connectivity index (χ0) is 92.0. The van der Waals surface area contributed by atoms with Crippen molar-refractivity contribution in [3.8, 4) is 0 Å². The van der Waals surface area contributed by atoms with Crippen LogP contribution in [0.25, 0.3) is 0 Å². The summed E-state index contributed by atoms with van der Waals surface area (Å²) in [5.74, 6) is -11.0. The number of aliphatic carboxylic acids is 4. The quantitative estimate of drug-likeness (QED) is 0.0277. The SMILES string of the molecule is CC(=O)[C@H](CCCCNC(=O)CC[C@H](NC(=O)COCCOCCNC(=O)COCCOCCCC(=O)CCCCCCCCCCCCC(=O)O)C(=O)O)CC(=O)[C@H](CCCCNC(=O)CC[C@H](CC(=O)COCCOCCNC(=O)COCCOCCNC(=O)CCCCCCCCCCCCC(=O)O)C(=O)O)CC(=O)[C@H](C)NC(=O)CCc1cnc[nH]1.[HH].[HH]. The molecule has 0 aliphatic heterocycles. The summed E-state index contributed by atoms with van der Waals surface area (Å²) in [6.07, 6.45) is 27.0. The van der Waals surface area contributed by atoms with E-state index in [9.17, 15) is 86.9 Å². The highest BCUT2D eigenvalue weighted by Gasteiger charge is 2.30. The summed E-state index contributed by atoms with van der Waals surface area (Å²) in [7, 11) is 0. The molecule has 37 nitrogen and oxygen atoms in total. The molecule has 7 amide bonds. The minimum Gasteiger partial charge on any atom is -0.481 e. The summed E-state index contributed by atoms with van der Waals surface area (Å²) in [6, 6.07) is -2.35. The van der Waals surface area contributed by atoms with Gasteiger partial charge in [-0.15, -0.1) is 0 Å². The van der Waals surface area contributed by atoms with Crippen LogP contribution in [0.3, 0.4) is 0 Å². The van der Waals surface area contributed by atoms with E-state index in [1.165, 1.54) is 20.2 Å². The Morgan fingerprint density at radius 3 is 1.20 bits per heavy atom. The van der Waals surface area contributed by atoms with Crippen molar-refractivity contribution in [3.05, 3.63) is 18.2 Å². The zero-order valence-electron chi connectivity index (χ0n) is 74.4. The van der Waals surface area contributed by atoms with E-state index in [0.717, 1.165) is 134 Å². The molecule has 0 fully saturated rings. The number of carboxylic acid groups (broad SMARTS) is 4. The highest BCUT2D eigenvalue weighted by molar-refractivity contribution is 5.94. The molecule has 0 aliphatic carbocycles. The van der Waals surface area contributed by atoms with Gasteiger partial charge in [0.2, 0.25) is 41.4 Å². The Morgan fingerprint density at radius 1 is 0.336 bits per heavy atom. The maximum atomic E-state index is 14.1. The number of carboxylic acids is 4. The van der Waals surface area contributed by atoms with Crippen LogP contribution >= 0.6 is 0 Å². The van der Waals surface area contributed by atoms with Crippen molar-refractivity contribution in [2.45, 2.75) is 289 Å². The van der Waals surface area contributed by atoms with Crippen molar-refractivity contribution < 1.29 is 138 Å². The van der Waals surface area contributed by atoms with Crippen LogP contribution in [0.15, 0.2) is 12.5 Å². The molecule has 0 saturated heterocycles. The Labute approximate surface area is 739 Å². The minimum atomic E-state index is -1.40. The molecule has 0 unspecified atom stereocenters. The highest BCUT2D eigenvalue weighted by Crippen LogP contribution is 2.24. The van der Waals surface area contributed by atoms with Gasteiger partial charge >= 0.3 is 23.9 Å². The van der Waals surface area contributed by atoms with Crippen molar-refractivity contribution >= 4 is 94.1 Å². The summed E-state index contributed by atoms with van der Waals surface area (Å²) in [5, 5.41) is 55.6. The maximum Gasteiger partial charge on any atom is 0.326 e. The number of aromatic nitrogens is 2. The number of carbonyl (C=O) groups is 16. The lowest BCUT2D eigenvalue weighted by Crippen LogP contribution is -2.43. The lowest BCUT2D eigenvalue weighted by Gasteiger charge is -2.21. The molecule has 0 aromatic carbocycles. The number of unbranched alkanes of at least 4 members (excludes halogenated alkanes) is 20. The van der Waals surface area contributed by atoms with Gasteiger partial charge in [-0.3, -0.25) is 71.9 Å². The third-order valence-corrected chi connectivity index (χ3v) is 20.4. The number of imidazole rings is 1. The summed E-state index contributed by atoms with van der Waals surface area (Å²) in [5.41, 5.74) is 0.725. The van der Waals surface area contributed by atoms with Gasteiger partial charge in [0.15, 0.2) is 11.6 Å². The van der Waals surface area contributed by atoms with Gasteiger partial charge in [0, 0.05) is 137 Å². The number of rotatable bonds is 91. The lowest BCUT2D eigenvalue weighted by atomic mass is 9.83. The Balaban J connectivity index is 0. The van der Waals surface area contributed by atoms with E-state index < -0.39 is 95.5 Å². The Morgan fingerprint density at radius 2 is 0.736 bits per heavy atom. The molecule has 1 aromatic rings. The van der Waals surface area contributed by atoms with Crippen molar-refractivity contribution in [3.63, 3.8) is 0 Å². The van der Waals surface area contributed by atoms with Crippen LogP contribution in [-0.4, -0.2) is 275 Å². The smallest absolute Gasteiger partial charge is 0.326 e. The second-order valence-corrected chi connectivity index (χ2v) is 31.4. The number of Topliss-reactive ketones (excluding diaryl/α,β-unsaturated/α-hetero) is 5. The lowest BCUT2D eigenvalue weighted by molar-refractivity contribution is -0.145. The maximum absolute atomic E-state index is 14.1. The van der Waals surface area contributed by atoms with E-state index in [2.05, 4.69) is 47.2 Å². The van der Waals surface area contributed by atoms with E-state index in [0.29, 0.717) is 77.5 Å². The van der Waals surface area contributed by atoms with Crippen LogP contribution in [-0.2, 0) is 121 Å². The molecule has 1 heterocycles. The molecule has 37 heteroatoms. The van der Waals surface area contributed by atoms with Gasteiger partial charge < -0.3 is 101 Å². The molecule has 5 atom stereocenters. The minimum absolute atomic E-state index is 0. The number of carbonyl (C=O) groups excluding carboxylic acids is 12. The second kappa shape index (κ2) is 78.9. The number of aromatic amines is 1. The van der Waals surface area contributed by atoms with Gasteiger partial charge in [0.25, 0.3) is 0 Å². The van der Waals surface area contributed by atoms with Crippen LogP contribution in [0.2, 0.25) is 0 Å². The molecule has 0 radical (unpaired) electrons. The Hall–Kier alpha value is -8.59. The highest BCUT2D eigenvalue weighted by atomic mass is 16.5. The number of nitrogens with zero attached hydrogens (tertiary/aromatic N) is 1. The fourth-order valence-electron chi connectivity index (χ4n) is 13.1. The van der Waals surface area contributed by atoms with E-state index in [1.54, 1.807) is 6.20 Å². The first-order chi connectivity index (χ1) is 60.2. The number of amides is 7.